The summed E-state index contributed by atoms with van der Waals surface area (Å²) in [5.74, 6) is 0.243. The van der Waals surface area contributed by atoms with Crippen LogP contribution in [0.15, 0.2) is 12.3 Å². The van der Waals surface area contributed by atoms with Crippen molar-refractivity contribution < 1.29 is 4.79 Å². The van der Waals surface area contributed by atoms with Crippen molar-refractivity contribution in [3.63, 3.8) is 0 Å². The third-order valence-electron chi connectivity index (χ3n) is 3.52. The minimum Gasteiger partial charge on any atom is -0.382 e. The van der Waals surface area contributed by atoms with Crippen LogP contribution in [0.1, 0.15) is 37.0 Å². The van der Waals surface area contributed by atoms with Crippen molar-refractivity contribution in [3.05, 3.63) is 22.8 Å². The first-order valence-corrected chi connectivity index (χ1v) is 6.47. The predicted molar refractivity (Wildman–Crippen MR) is 72.6 cm³/mol. The third-order valence-corrected chi connectivity index (χ3v) is 3.82. The molecular formula is C13H18ClN3O. The number of nitrogens with zero attached hydrogens (tertiary/aromatic N) is 2. The Kier molecular flexibility index (Phi) is 3.48. The fourth-order valence-electron chi connectivity index (χ4n) is 2.06. The molecule has 0 atom stereocenters. The van der Waals surface area contributed by atoms with Crippen molar-refractivity contribution >= 4 is 23.3 Å². The summed E-state index contributed by atoms with van der Waals surface area (Å²) in [5.41, 5.74) is 6.37. The molecule has 0 saturated carbocycles. The average Bonchev–Trinajstić information content (AvgIpc) is 2.32. The second kappa shape index (κ2) is 4.76. The average molecular weight is 268 g/mol. The summed E-state index contributed by atoms with van der Waals surface area (Å²) in [6, 6.07) is 1.59. The minimum absolute atomic E-state index is 0.0140. The van der Waals surface area contributed by atoms with E-state index in [0.717, 1.165) is 25.9 Å². The summed E-state index contributed by atoms with van der Waals surface area (Å²) >= 11 is 5.88. The van der Waals surface area contributed by atoms with Crippen molar-refractivity contribution in [2.75, 3.05) is 18.8 Å². The molecule has 0 unspecified atom stereocenters. The molecule has 18 heavy (non-hydrogen) atoms. The fourth-order valence-corrected chi connectivity index (χ4v) is 2.23. The molecule has 0 radical (unpaired) electrons. The lowest BCUT2D eigenvalue weighted by atomic mass is 9.82. The van der Waals surface area contributed by atoms with Gasteiger partial charge in [0.1, 0.15) is 5.82 Å². The monoisotopic (exact) mass is 267 g/mol. The van der Waals surface area contributed by atoms with Gasteiger partial charge in [-0.15, -0.1) is 0 Å². The largest absolute Gasteiger partial charge is 0.382 e. The zero-order valence-electron chi connectivity index (χ0n) is 10.7. The number of piperidine rings is 1. The molecule has 98 valence electrons. The summed E-state index contributed by atoms with van der Waals surface area (Å²) in [5, 5.41) is 0.332. The van der Waals surface area contributed by atoms with Gasteiger partial charge in [0.05, 0.1) is 10.6 Å². The van der Waals surface area contributed by atoms with Crippen molar-refractivity contribution in [1.82, 2.24) is 9.88 Å². The number of amides is 1. The van der Waals surface area contributed by atoms with E-state index in [1.807, 2.05) is 4.90 Å². The van der Waals surface area contributed by atoms with Crippen molar-refractivity contribution in [1.29, 1.82) is 0 Å². The Morgan fingerprint density at radius 2 is 2.06 bits per heavy atom. The van der Waals surface area contributed by atoms with Crippen LogP contribution in [0, 0.1) is 5.41 Å². The van der Waals surface area contributed by atoms with Crippen molar-refractivity contribution in [2.24, 2.45) is 5.41 Å². The van der Waals surface area contributed by atoms with E-state index >= 15 is 0 Å². The van der Waals surface area contributed by atoms with Gasteiger partial charge in [0.25, 0.3) is 5.91 Å². The molecule has 1 aromatic heterocycles. The van der Waals surface area contributed by atoms with Crippen molar-refractivity contribution in [2.45, 2.75) is 26.7 Å². The molecule has 0 bridgehead atoms. The Bertz CT molecular complexity index is 463. The zero-order chi connectivity index (χ0) is 13.3. The smallest absolute Gasteiger partial charge is 0.255 e. The van der Waals surface area contributed by atoms with Crippen molar-refractivity contribution in [3.8, 4) is 0 Å². The van der Waals surface area contributed by atoms with E-state index in [1.54, 1.807) is 6.07 Å². The Hall–Kier alpha value is -1.29. The number of hydrogen-bond acceptors (Lipinski definition) is 3. The first-order chi connectivity index (χ1) is 8.39. The molecule has 1 amide bonds. The lowest BCUT2D eigenvalue weighted by Gasteiger charge is -2.36. The van der Waals surface area contributed by atoms with E-state index in [-0.39, 0.29) is 11.7 Å². The standard InChI is InChI=1S/C13H18ClN3O/c1-13(2)3-5-17(6-4-13)12(18)9-7-10(14)11(15)16-8-9/h7-8H,3-6H2,1-2H3,(H2,15,16). The molecule has 1 aliphatic heterocycles. The van der Waals surface area contributed by atoms with Crippen LogP contribution in [-0.4, -0.2) is 28.9 Å². The van der Waals surface area contributed by atoms with Crippen LogP contribution in [0.25, 0.3) is 0 Å². The predicted octanol–water partition coefficient (Wildman–Crippen LogP) is 2.58. The number of rotatable bonds is 1. The third kappa shape index (κ3) is 2.75. The molecule has 2 rings (SSSR count). The highest BCUT2D eigenvalue weighted by Crippen LogP contribution is 2.30. The molecule has 4 nitrogen and oxygen atoms in total. The highest BCUT2D eigenvalue weighted by atomic mass is 35.5. The van der Waals surface area contributed by atoms with Gasteiger partial charge in [0.2, 0.25) is 0 Å². The maximum atomic E-state index is 12.3. The quantitative estimate of drug-likeness (QED) is 0.851. The molecule has 0 aliphatic carbocycles. The van der Waals surface area contributed by atoms with Gasteiger partial charge >= 0.3 is 0 Å². The SMILES string of the molecule is CC1(C)CCN(C(=O)c2cnc(N)c(Cl)c2)CC1. The van der Waals surface area contributed by atoms with Crippen LogP contribution >= 0.6 is 11.6 Å². The van der Waals surface area contributed by atoms with E-state index in [4.69, 9.17) is 17.3 Å². The van der Waals surface area contributed by atoms with E-state index in [1.165, 1.54) is 6.20 Å². The maximum Gasteiger partial charge on any atom is 0.255 e. The molecule has 0 aromatic carbocycles. The van der Waals surface area contributed by atoms with Gasteiger partial charge in [0.15, 0.2) is 0 Å². The summed E-state index contributed by atoms with van der Waals surface area (Å²) in [6.07, 6.45) is 3.53. The van der Waals surface area contributed by atoms with Crippen LogP contribution in [0.5, 0.6) is 0 Å². The van der Waals surface area contributed by atoms with Gasteiger partial charge < -0.3 is 10.6 Å². The lowest BCUT2D eigenvalue weighted by Crippen LogP contribution is -2.41. The number of anilines is 1. The number of nitrogen functional groups attached to an aromatic ring is 1. The molecule has 1 saturated heterocycles. The van der Waals surface area contributed by atoms with E-state index in [0.29, 0.717) is 16.0 Å². The van der Waals surface area contributed by atoms with Crippen LogP contribution in [0.4, 0.5) is 5.82 Å². The molecule has 1 aromatic rings. The lowest BCUT2D eigenvalue weighted by molar-refractivity contribution is 0.0630. The first kappa shape index (κ1) is 13.1. The first-order valence-electron chi connectivity index (χ1n) is 6.09. The van der Waals surface area contributed by atoms with E-state index in [2.05, 4.69) is 18.8 Å². The number of aromatic nitrogens is 1. The summed E-state index contributed by atoms with van der Waals surface area (Å²) in [7, 11) is 0. The molecule has 0 spiro atoms. The number of hydrogen-bond donors (Lipinski definition) is 1. The molecule has 1 aliphatic rings. The van der Waals surface area contributed by atoms with Crippen LogP contribution < -0.4 is 5.73 Å². The van der Waals surface area contributed by atoms with Gasteiger partial charge in [-0.2, -0.15) is 0 Å². The Balaban J connectivity index is 2.10. The number of likely N-dealkylation sites (tertiary alicyclic amines) is 1. The minimum atomic E-state index is -0.0140. The number of halogens is 1. The number of nitrogens with two attached hydrogens (primary N) is 1. The second-order valence-electron chi connectivity index (χ2n) is 5.55. The Labute approximate surface area is 112 Å². The summed E-state index contributed by atoms with van der Waals surface area (Å²) < 4.78 is 0. The summed E-state index contributed by atoms with van der Waals surface area (Å²) in [6.45, 7) is 6.04. The molecular weight excluding hydrogens is 250 g/mol. The normalized spacial score (nSPS) is 18.7. The molecule has 2 heterocycles. The molecule has 5 heteroatoms. The van der Waals surface area contributed by atoms with Gasteiger partial charge in [-0.1, -0.05) is 25.4 Å². The Morgan fingerprint density at radius 3 is 2.61 bits per heavy atom. The highest BCUT2D eigenvalue weighted by molar-refractivity contribution is 6.33. The fraction of sp³-hybridized carbons (Fsp3) is 0.538. The number of pyridine rings is 1. The van der Waals surface area contributed by atoms with Gasteiger partial charge in [-0.25, -0.2) is 4.98 Å². The Morgan fingerprint density at radius 1 is 1.44 bits per heavy atom. The topological polar surface area (TPSA) is 59.2 Å². The van der Waals surface area contributed by atoms with Gasteiger partial charge in [-0.05, 0) is 24.3 Å². The van der Waals surface area contributed by atoms with Gasteiger partial charge in [-0.3, -0.25) is 4.79 Å². The van der Waals surface area contributed by atoms with Crippen LogP contribution in [0.2, 0.25) is 5.02 Å². The van der Waals surface area contributed by atoms with Crippen LogP contribution in [-0.2, 0) is 0 Å². The summed E-state index contributed by atoms with van der Waals surface area (Å²) in [4.78, 5) is 18.0. The second-order valence-corrected chi connectivity index (χ2v) is 5.95. The molecule has 1 fully saturated rings. The maximum absolute atomic E-state index is 12.3. The zero-order valence-corrected chi connectivity index (χ0v) is 11.5. The highest BCUT2D eigenvalue weighted by Gasteiger charge is 2.28. The number of carbonyl (C=O) groups is 1. The van der Waals surface area contributed by atoms with E-state index < -0.39 is 0 Å². The number of carbonyl (C=O) groups excluding carboxylic acids is 1. The van der Waals surface area contributed by atoms with Crippen LogP contribution in [0.3, 0.4) is 0 Å². The molecule has 2 N–H and O–H groups in total. The van der Waals surface area contributed by atoms with E-state index in [9.17, 15) is 4.79 Å². The van der Waals surface area contributed by atoms with Gasteiger partial charge in [0, 0.05) is 19.3 Å².